The van der Waals surface area contributed by atoms with Crippen LogP contribution in [-0.4, -0.2) is 49.8 Å². The van der Waals surface area contributed by atoms with Crippen molar-refractivity contribution < 1.29 is 18.9 Å². The summed E-state index contributed by atoms with van der Waals surface area (Å²) >= 11 is 0. The van der Waals surface area contributed by atoms with Crippen LogP contribution in [-0.2, 0) is 18.9 Å². The first kappa shape index (κ1) is 26.1. The summed E-state index contributed by atoms with van der Waals surface area (Å²) < 4.78 is 21.9. The highest BCUT2D eigenvalue weighted by atomic mass is 16.5. The fraction of sp³-hybridized carbons (Fsp3) is 1.00. The molecule has 0 fully saturated rings. The van der Waals surface area contributed by atoms with Gasteiger partial charge in [0.1, 0.15) is 0 Å². The largest absolute Gasteiger partial charge is 0.379 e. The standard InChI is InChI=1S/2C10H22O2/c2*1-8(2)11-7-6-10(5)12-9(3)4/h2*8-10H,6-7H2,1-5H3. The van der Waals surface area contributed by atoms with Gasteiger partial charge in [-0.3, -0.25) is 0 Å². The molecule has 4 heteroatoms. The van der Waals surface area contributed by atoms with Crippen LogP contribution in [0.5, 0.6) is 0 Å². The van der Waals surface area contributed by atoms with Crippen molar-refractivity contribution in [1.82, 2.24) is 0 Å². The SMILES string of the molecule is CC(C)OCCC(C)OC(C)C.CC(C)OCCC(C)OC(C)C. The molecule has 0 aromatic rings. The van der Waals surface area contributed by atoms with Crippen LogP contribution in [0.4, 0.5) is 0 Å². The Morgan fingerprint density at radius 2 is 0.750 bits per heavy atom. The van der Waals surface area contributed by atoms with Gasteiger partial charge in [0.25, 0.3) is 0 Å². The summed E-state index contributed by atoms with van der Waals surface area (Å²) in [5, 5.41) is 0. The summed E-state index contributed by atoms with van der Waals surface area (Å²) in [5.41, 5.74) is 0. The lowest BCUT2D eigenvalue weighted by atomic mass is 10.3. The Bertz CT molecular complexity index is 226. The molecule has 148 valence electrons. The molecule has 0 aromatic heterocycles. The zero-order valence-corrected chi connectivity index (χ0v) is 17.9. The first-order valence-electron chi connectivity index (χ1n) is 9.58. The van der Waals surface area contributed by atoms with E-state index < -0.39 is 0 Å². The van der Waals surface area contributed by atoms with Gasteiger partial charge in [0.2, 0.25) is 0 Å². The molecule has 24 heavy (non-hydrogen) atoms. The van der Waals surface area contributed by atoms with Gasteiger partial charge < -0.3 is 18.9 Å². The maximum atomic E-state index is 5.55. The number of rotatable bonds is 12. The maximum Gasteiger partial charge on any atom is 0.0572 e. The lowest BCUT2D eigenvalue weighted by molar-refractivity contribution is -0.0122. The van der Waals surface area contributed by atoms with Crippen LogP contribution in [0.3, 0.4) is 0 Å². The second kappa shape index (κ2) is 16.3. The first-order chi connectivity index (χ1) is 11.0. The molecule has 4 nitrogen and oxygen atoms in total. The second-order valence-corrected chi connectivity index (χ2v) is 7.41. The molecular formula is C20H44O4. The molecule has 2 unspecified atom stereocenters. The van der Waals surface area contributed by atoms with Gasteiger partial charge in [0, 0.05) is 13.2 Å². The van der Waals surface area contributed by atoms with Gasteiger partial charge in [-0.25, -0.2) is 0 Å². The number of ether oxygens (including phenoxy) is 4. The summed E-state index contributed by atoms with van der Waals surface area (Å²) in [5.74, 6) is 0. The molecule has 0 bridgehead atoms. The minimum Gasteiger partial charge on any atom is -0.379 e. The van der Waals surface area contributed by atoms with Gasteiger partial charge in [-0.05, 0) is 82.1 Å². The van der Waals surface area contributed by atoms with Crippen molar-refractivity contribution in [3.05, 3.63) is 0 Å². The molecule has 0 saturated carbocycles. The van der Waals surface area contributed by atoms with Gasteiger partial charge >= 0.3 is 0 Å². The Labute approximate surface area is 151 Å². The van der Waals surface area contributed by atoms with Crippen molar-refractivity contribution >= 4 is 0 Å². The van der Waals surface area contributed by atoms with Crippen LogP contribution in [0.2, 0.25) is 0 Å². The van der Waals surface area contributed by atoms with Gasteiger partial charge in [0.15, 0.2) is 0 Å². The topological polar surface area (TPSA) is 36.9 Å². The van der Waals surface area contributed by atoms with E-state index in [4.69, 9.17) is 18.9 Å². The predicted molar refractivity (Wildman–Crippen MR) is 103 cm³/mol. The Morgan fingerprint density at radius 3 is 0.958 bits per heavy atom. The Balaban J connectivity index is 0. The van der Waals surface area contributed by atoms with E-state index in [0.717, 1.165) is 26.1 Å². The minimum atomic E-state index is 0.309. The highest BCUT2D eigenvalue weighted by Crippen LogP contribution is 2.03. The van der Waals surface area contributed by atoms with E-state index in [0.29, 0.717) is 36.6 Å². The molecule has 0 saturated heterocycles. The molecule has 0 radical (unpaired) electrons. The van der Waals surface area contributed by atoms with Crippen molar-refractivity contribution in [2.75, 3.05) is 13.2 Å². The molecule has 0 amide bonds. The maximum absolute atomic E-state index is 5.55. The minimum absolute atomic E-state index is 0.309. The molecular weight excluding hydrogens is 304 g/mol. The lowest BCUT2D eigenvalue weighted by Gasteiger charge is -2.16. The summed E-state index contributed by atoms with van der Waals surface area (Å²) in [6, 6.07) is 0. The zero-order chi connectivity index (χ0) is 19.1. The predicted octanol–water partition coefficient (Wildman–Crippen LogP) is 5.23. The molecule has 2 atom stereocenters. The van der Waals surface area contributed by atoms with Crippen LogP contribution in [0.1, 0.15) is 82.1 Å². The third-order valence-corrected chi connectivity index (χ3v) is 2.96. The van der Waals surface area contributed by atoms with E-state index in [1.54, 1.807) is 0 Å². The smallest absolute Gasteiger partial charge is 0.0572 e. The monoisotopic (exact) mass is 348 g/mol. The first-order valence-corrected chi connectivity index (χ1v) is 9.58. The quantitative estimate of drug-likeness (QED) is 0.484. The fourth-order valence-electron chi connectivity index (χ4n) is 2.00. The lowest BCUT2D eigenvalue weighted by Crippen LogP contribution is -2.17. The van der Waals surface area contributed by atoms with Crippen LogP contribution in [0, 0.1) is 0 Å². The van der Waals surface area contributed by atoms with Crippen molar-refractivity contribution in [1.29, 1.82) is 0 Å². The Kier molecular flexibility index (Phi) is 17.7. The van der Waals surface area contributed by atoms with Crippen LogP contribution >= 0.6 is 0 Å². The van der Waals surface area contributed by atoms with Crippen LogP contribution in [0.25, 0.3) is 0 Å². The molecule has 0 heterocycles. The van der Waals surface area contributed by atoms with E-state index in [2.05, 4.69) is 41.5 Å². The number of hydrogen-bond donors (Lipinski definition) is 0. The summed E-state index contributed by atoms with van der Waals surface area (Å²) in [6.07, 6.45) is 3.88. The third kappa shape index (κ3) is 24.1. The van der Waals surface area contributed by atoms with Crippen molar-refractivity contribution in [2.45, 2.75) is 119 Å². The highest BCUT2D eigenvalue weighted by Gasteiger charge is 2.05. The van der Waals surface area contributed by atoms with Crippen molar-refractivity contribution in [3.8, 4) is 0 Å². The number of hydrogen-bond acceptors (Lipinski definition) is 4. The Hall–Kier alpha value is -0.160. The average molecular weight is 349 g/mol. The van der Waals surface area contributed by atoms with E-state index >= 15 is 0 Å². The van der Waals surface area contributed by atoms with E-state index in [-0.39, 0.29) is 0 Å². The summed E-state index contributed by atoms with van der Waals surface area (Å²) in [4.78, 5) is 0. The molecule has 0 N–H and O–H groups in total. The summed E-state index contributed by atoms with van der Waals surface area (Å²) in [7, 11) is 0. The molecule has 0 aliphatic rings. The highest BCUT2D eigenvalue weighted by molar-refractivity contribution is 4.53. The van der Waals surface area contributed by atoms with Gasteiger partial charge in [-0.2, -0.15) is 0 Å². The third-order valence-electron chi connectivity index (χ3n) is 2.96. The molecule has 0 aliphatic heterocycles. The summed E-state index contributed by atoms with van der Waals surface area (Å²) in [6.45, 7) is 22.2. The van der Waals surface area contributed by atoms with E-state index in [9.17, 15) is 0 Å². The van der Waals surface area contributed by atoms with E-state index in [1.165, 1.54) is 0 Å². The van der Waals surface area contributed by atoms with Gasteiger partial charge in [-0.1, -0.05) is 0 Å². The average Bonchev–Trinajstić information content (AvgIpc) is 2.36. The van der Waals surface area contributed by atoms with Crippen molar-refractivity contribution in [3.63, 3.8) is 0 Å². The molecule has 0 aliphatic carbocycles. The normalized spacial score (nSPS) is 14.2. The zero-order valence-electron chi connectivity index (χ0n) is 17.9. The Morgan fingerprint density at radius 1 is 0.458 bits per heavy atom. The second-order valence-electron chi connectivity index (χ2n) is 7.41. The van der Waals surface area contributed by atoms with Crippen molar-refractivity contribution in [2.24, 2.45) is 0 Å². The van der Waals surface area contributed by atoms with Gasteiger partial charge in [0.05, 0.1) is 36.6 Å². The van der Waals surface area contributed by atoms with Crippen LogP contribution < -0.4 is 0 Å². The van der Waals surface area contributed by atoms with Crippen LogP contribution in [0.15, 0.2) is 0 Å². The molecule has 0 spiro atoms. The fourth-order valence-corrected chi connectivity index (χ4v) is 2.00. The molecule has 0 rings (SSSR count). The van der Waals surface area contributed by atoms with Gasteiger partial charge in [-0.15, -0.1) is 0 Å². The van der Waals surface area contributed by atoms with E-state index in [1.807, 2.05) is 27.7 Å². The molecule has 0 aromatic carbocycles.